The summed E-state index contributed by atoms with van der Waals surface area (Å²) in [5.74, 6) is 0.214. The maximum atomic E-state index is 13.7. The molecule has 1 aliphatic rings. The van der Waals surface area contributed by atoms with Crippen molar-refractivity contribution in [1.29, 1.82) is 0 Å². The molecule has 0 spiro atoms. The van der Waals surface area contributed by atoms with Gasteiger partial charge in [0.15, 0.2) is 0 Å². The van der Waals surface area contributed by atoms with Gasteiger partial charge in [0, 0.05) is 29.8 Å². The Morgan fingerprint density at radius 3 is 2.47 bits per heavy atom. The molecule has 2 N–H and O–H groups in total. The average molecular weight is 480 g/mol. The lowest BCUT2D eigenvalue weighted by atomic mass is 10.0. The van der Waals surface area contributed by atoms with E-state index in [4.69, 9.17) is 4.74 Å². The highest BCUT2D eigenvalue weighted by Crippen LogP contribution is 2.45. The van der Waals surface area contributed by atoms with Crippen LogP contribution in [0.15, 0.2) is 85.3 Å². The second kappa shape index (κ2) is 10.3. The second-order valence-electron chi connectivity index (χ2n) is 9.14. The molecular weight excluding hydrogens is 450 g/mol. The van der Waals surface area contributed by atoms with E-state index in [2.05, 4.69) is 25.6 Å². The number of carbonyl (C=O) groups is 1. The van der Waals surface area contributed by atoms with E-state index in [-0.39, 0.29) is 11.4 Å². The lowest BCUT2D eigenvalue weighted by Crippen LogP contribution is -2.47. The molecule has 3 heterocycles. The number of hydrogen-bond acceptors (Lipinski definition) is 6. The zero-order chi connectivity index (χ0) is 25.0. The molecule has 3 aromatic heterocycles. The molecule has 0 saturated heterocycles. The maximum Gasteiger partial charge on any atom is 0.242 e. The standard InChI is InChI=1S/C29H29N5O2/c1-20-16-22(11-15-30-20)23-18-25(28(36-2)32-19-23)33-27(35)24(17-21-8-4-3-5-9-21)34-29(12-13-29)26-10-6-7-14-31-26/h3-11,14-16,18-19,24,34H,12-13,17H2,1-2H3,(H,33,35). The van der Waals surface area contributed by atoms with Gasteiger partial charge in [0.2, 0.25) is 11.8 Å². The van der Waals surface area contributed by atoms with E-state index in [0.29, 0.717) is 18.0 Å². The number of ether oxygens (including phenoxy) is 1. The summed E-state index contributed by atoms with van der Waals surface area (Å²) in [4.78, 5) is 27.0. The minimum absolute atomic E-state index is 0.149. The second-order valence-corrected chi connectivity index (χ2v) is 9.14. The first-order valence-electron chi connectivity index (χ1n) is 12.1. The van der Waals surface area contributed by atoms with Crippen LogP contribution in [0, 0.1) is 6.92 Å². The lowest BCUT2D eigenvalue weighted by molar-refractivity contribution is -0.118. The van der Waals surface area contributed by atoms with Gasteiger partial charge in [-0.15, -0.1) is 0 Å². The fourth-order valence-corrected chi connectivity index (χ4v) is 4.45. The first kappa shape index (κ1) is 23.6. The zero-order valence-corrected chi connectivity index (χ0v) is 20.4. The van der Waals surface area contributed by atoms with E-state index in [1.807, 2.05) is 73.7 Å². The topological polar surface area (TPSA) is 89.0 Å². The molecule has 0 bridgehead atoms. The van der Waals surface area contributed by atoms with Crippen molar-refractivity contribution in [1.82, 2.24) is 20.3 Å². The van der Waals surface area contributed by atoms with Gasteiger partial charge in [0.25, 0.3) is 0 Å². The molecule has 1 aliphatic carbocycles. The van der Waals surface area contributed by atoms with Gasteiger partial charge in [-0.05, 0) is 67.6 Å². The Morgan fingerprint density at radius 1 is 0.972 bits per heavy atom. The molecule has 7 nitrogen and oxygen atoms in total. The van der Waals surface area contributed by atoms with Crippen LogP contribution in [0.5, 0.6) is 5.88 Å². The number of hydrogen-bond donors (Lipinski definition) is 2. The molecule has 1 saturated carbocycles. The molecular formula is C29H29N5O2. The summed E-state index contributed by atoms with van der Waals surface area (Å²) >= 11 is 0. The molecule has 182 valence electrons. The predicted molar refractivity (Wildman–Crippen MR) is 140 cm³/mol. The summed E-state index contributed by atoms with van der Waals surface area (Å²) in [6, 6.07) is 21.3. The van der Waals surface area contributed by atoms with Crippen LogP contribution in [0.4, 0.5) is 5.69 Å². The Kier molecular flexibility index (Phi) is 6.73. The molecule has 1 unspecified atom stereocenters. The molecule has 0 radical (unpaired) electrons. The van der Waals surface area contributed by atoms with Crippen LogP contribution in [0.1, 0.15) is 29.8 Å². The van der Waals surface area contributed by atoms with Crippen molar-refractivity contribution in [2.45, 2.75) is 37.8 Å². The fraction of sp³-hybridized carbons (Fsp3) is 0.241. The van der Waals surface area contributed by atoms with Gasteiger partial charge < -0.3 is 10.1 Å². The zero-order valence-electron chi connectivity index (χ0n) is 20.4. The molecule has 1 amide bonds. The van der Waals surface area contributed by atoms with Gasteiger partial charge in [-0.2, -0.15) is 0 Å². The van der Waals surface area contributed by atoms with Crippen molar-refractivity contribution in [3.63, 3.8) is 0 Å². The van der Waals surface area contributed by atoms with Crippen molar-refractivity contribution in [2.75, 3.05) is 12.4 Å². The third kappa shape index (κ3) is 5.26. The molecule has 1 fully saturated rings. The minimum atomic E-state index is -0.478. The number of nitrogens with one attached hydrogen (secondary N) is 2. The first-order chi connectivity index (χ1) is 17.6. The monoisotopic (exact) mass is 479 g/mol. The smallest absolute Gasteiger partial charge is 0.242 e. The number of nitrogens with zero attached hydrogens (tertiary/aromatic N) is 3. The Bertz CT molecular complexity index is 1340. The summed E-state index contributed by atoms with van der Waals surface area (Å²) in [5.41, 5.74) is 5.02. The highest BCUT2D eigenvalue weighted by Gasteiger charge is 2.47. The third-order valence-corrected chi connectivity index (χ3v) is 6.49. The van der Waals surface area contributed by atoms with Crippen LogP contribution >= 0.6 is 0 Å². The minimum Gasteiger partial charge on any atom is -0.480 e. The first-order valence-corrected chi connectivity index (χ1v) is 12.1. The number of anilines is 1. The van der Waals surface area contributed by atoms with Crippen LogP contribution in [0.3, 0.4) is 0 Å². The van der Waals surface area contributed by atoms with Crippen LogP contribution in [0.25, 0.3) is 11.1 Å². The quantitative estimate of drug-likeness (QED) is 0.362. The number of rotatable bonds is 9. The molecule has 36 heavy (non-hydrogen) atoms. The van der Waals surface area contributed by atoms with Crippen LogP contribution < -0.4 is 15.4 Å². The van der Waals surface area contributed by atoms with Crippen molar-refractivity contribution >= 4 is 11.6 Å². The number of amides is 1. The number of methoxy groups -OCH3 is 1. The highest BCUT2D eigenvalue weighted by molar-refractivity contribution is 5.96. The van der Waals surface area contributed by atoms with E-state index >= 15 is 0 Å². The summed E-state index contributed by atoms with van der Waals surface area (Å²) in [6.07, 6.45) is 7.71. The molecule has 7 heteroatoms. The van der Waals surface area contributed by atoms with Gasteiger partial charge in [-0.3, -0.25) is 20.1 Å². The number of carbonyl (C=O) groups excluding carboxylic acids is 1. The third-order valence-electron chi connectivity index (χ3n) is 6.49. The van der Waals surface area contributed by atoms with E-state index in [9.17, 15) is 4.79 Å². The fourth-order valence-electron chi connectivity index (χ4n) is 4.45. The Hall–Kier alpha value is -4.10. The highest BCUT2D eigenvalue weighted by atomic mass is 16.5. The van der Waals surface area contributed by atoms with Gasteiger partial charge in [-0.25, -0.2) is 4.98 Å². The molecule has 4 aromatic rings. The maximum absolute atomic E-state index is 13.7. The Labute approximate surface area is 211 Å². The molecule has 0 aliphatic heterocycles. The van der Waals surface area contributed by atoms with Crippen molar-refractivity contribution in [3.8, 4) is 17.0 Å². The van der Waals surface area contributed by atoms with Crippen LogP contribution in [-0.4, -0.2) is 34.0 Å². The number of aryl methyl sites for hydroxylation is 1. The van der Waals surface area contributed by atoms with E-state index in [0.717, 1.165) is 40.9 Å². The molecule has 1 aromatic carbocycles. The largest absolute Gasteiger partial charge is 0.480 e. The predicted octanol–water partition coefficient (Wildman–Crippen LogP) is 4.68. The summed E-state index contributed by atoms with van der Waals surface area (Å²) in [6.45, 7) is 1.94. The van der Waals surface area contributed by atoms with E-state index in [1.54, 1.807) is 25.7 Å². The Morgan fingerprint density at radius 2 is 1.78 bits per heavy atom. The molecule has 1 atom stereocenters. The van der Waals surface area contributed by atoms with Gasteiger partial charge in [-0.1, -0.05) is 36.4 Å². The van der Waals surface area contributed by atoms with E-state index < -0.39 is 6.04 Å². The van der Waals surface area contributed by atoms with Crippen molar-refractivity contribution in [2.24, 2.45) is 0 Å². The van der Waals surface area contributed by atoms with Gasteiger partial charge in [0.1, 0.15) is 5.69 Å². The average Bonchev–Trinajstić information content (AvgIpc) is 3.70. The van der Waals surface area contributed by atoms with Crippen LogP contribution in [0.2, 0.25) is 0 Å². The van der Waals surface area contributed by atoms with Gasteiger partial charge >= 0.3 is 0 Å². The van der Waals surface area contributed by atoms with Crippen molar-refractivity contribution in [3.05, 3.63) is 102 Å². The van der Waals surface area contributed by atoms with Gasteiger partial charge in [0.05, 0.1) is 24.4 Å². The van der Waals surface area contributed by atoms with Crippen molar-refractivity contribution < 1.29 is 9.53 Å². The number of benzene rings is 1. The summed E-state index contributed by atoms with van der Waals surface area (Å²) < 4.78 is 5.47. The van der Waals surface area contributed by atoms with E-state index in [1.165, 1.54) is 0 Å². The molecule has 5 rings (SSSR count). The summed E-state index contributed by atoms with van der Waals surface area (Å²) in [7, 11) is 1.55. The lowest BCUT2D eigenvalue weighted by Gasteiger charge is -2.25. The van der Waals surface area contributed by atoms with Crippen LogP contribution in [-0.2, 0) is 16.8 Å². The number of aromatic nitrogens is 3. The SMILES string of the molecule is COc1ncc(-c2ccnc(C)c2)cc1NC(=O)C(Cc1ccccc1)NC1(c2ccccn2)CC1. The summed E-state index contributed by atoms with van der Waals surface area (Å²) in [5, 5.41) is 6.72. The number of pyridine rings is 3. The normalized spacial score (nSPS) is 14.6. The Balaban J connectivity index is 1.43.